The molecule has 5 rings (SSSR count). The molecule has 2 aromatic carbocycles. The number of rotatable bonds is 6. The van der Waals surface area contributed by atoms with Gasteiger partial charge in [-0.1, -0.05) is 60.7 Å². The van der Waals surface area contributed by atoms with Crippen molar-refractivity contribution in [2.45, 2.75) is 37.4 Å². The maximum absolute atomic E-state index is 5.59. The molecule has 0 spiro atoms. The highest BCUT2D eigenvalue weighted by Crippen LogP contribution is 2.38. The van der Waals surface area contributed by atoms with E-state index in [1.54, 1.807) is 7.11 Å². The van der Waals surface area contributed by atoms with E-state index in [9.17, 15) is 0 Å². The van der Waals surface area contributed by atoms with Crippen molar-refractivity contribution < 1.29 is 4.74 Å². The fraction of sp³-hybridized carbons (Fsp3) is 0.370. The van der Waals surface area contributed by atoms with E-state index in [2.05, 4.69) is 75.4 Å². The zero-order chi connectivity index (χ0) is 21.0. The predicted molar refractivity (Wildman–Crippen MR) is 124 cm³/mol. The van der Waals surface area contributed by atoms with E-state index >= 15 is 0 Å². The van der Waals surface area contributed by atoms with E-state index in [0.717, 1.165) is 31.1 Å². The second-order valence-electron chi connectivity index (χ2n) is 8.75. The largest absolute Gasteiger partial charge is 0.495 e. The minimum atomic E-state index is 0.358. The van der Waals surface area contributed by atoms with Crippen LogP contribution < -0.4 is 4.74 Å². The first kappa shape index (κ1) is 20.2. The van der Waals surface area contributed by atoms with Crippen LogP contribution >= 0.6 is 0 Å². The molecule has 1 aromatic heterocycles. The van der Waals surface area contributed by atoms with Gasteiger partial charge in [0.25, 0.3) is 0 Å². The van der Waals surface area contributed by atoms with Crippen molar-refractivity contribution in [2.24, 2.45) is 0 Å². The summed E-state index contributed by atoms with van der Waals surface area (Å²) < 4.78 is 5.59. The molecule has 0 saturated carbocycles. The number of hydrogen-bond donors (Lipinski definition) is 0. The third-order valence-electron chi connectivity index (χ3n) is 6.91. The lowest BCUT2D eigenvalue weighted by Crippen LogP contribution is -2.57. The summed E-state index contributed by atoms with van der Waals surface area (Å²) in [5.41, 5.74) is 3.84. The molecule has 160 valence electrons. The minimum Gasteiger partial charge on any atom is -0.495 e. The molecule has 2 aliphatic heterocycles. The van der Waals surface area contributed by atoms with E-state index in [-0.39, 0.29) is 0 Å². The maximum Gasteiger partial charge on any atom is 0.141 e. The van der Waals surface area contributed by atoms with Crippen molar-refractivity contribution in [3.8, 4) is 5.75 Å². The maximum atomic E-state index is 5.59. The van der Waals surface area contributed by atoms with Gasteiger partial charge in [-0.05, 0) is 42.6 Å². The van der Waals surface area contributed by atoms with Crippen molar-refractivity contribution in [3.05, 3.63) is 95.8 Å². The Bertz CT molecular complexity index is 939. The first-order valence-corrected chi connectivity index (χ1v) is 11.4. The topological polar surface area (TPSA) is 28.6 Å². The number of pyridine rings is 1. The van der Waals surface area contributed by atoms with E-state index < -0.39 is 0 Å². The summed E-state index contributed by atoms with van der Waals surface area (Å²) in [6, 6.07) is 27.1. The van der Waals surface area contributed by atoms with Crippen LogP contribution in [-0.4, -0.2) is 53.6 Å². The second-order valence-corrected chi connectivity index (χ2v) is 8.75. The second kappa shape index (κ2) is 9.21. The monoisotopic (exact) mass is 413 g/mol. The Morgan fingerprint density at radius 3 is 2.32 bits per heavy atom. The lowest BCUT2D eigenvalue weighted by Gasteiger charge is -2.47. The van der Waals surface area contributed by atoms with E-state index in [1.165, 1.54) is 30.5 Å². The van der Waals surface area contributed by atoms with E-state index in [1.807, 2.05) is 18.3 Å². The zero-order valence-electron chi connectivity index (χ0n) is 18.2. The van der Waals surface area contributed by atoms with Gasteiger partial charge in [-0.2, -0.15) is 0 Å². The smallest absolute Gasteiger partial charge is 0.141 e. The summed E-state index contributed by atoms with van der Waals surface area (Å²) in [4.78, 5) is 10.0. The fourth-order valence-corrected chi connectivity index (χ4v) is 5.56. The molecule has 2 atom stereocenters. The molecule has 3 aromatic rings. The standard InChI is InChI=1S/C27H31N3O/c1-31-26-15-8-16-28-24(26)19-29-18-23-14-9-17-30(23)25(20-29)27(21-10-4-2-5-11-21)22-12-6-3-7-13-22/h2-8,10-13,15-16,23,25,27H,9,14,17-20H2,1H3/t23-,25-/m0/s1. The predicted octanol–water partition coefficient (Wildman–Crippen LogP) is 4.57. The highest BCUT2D eigenvalue weighted by Gasteiger charge is 2.41. The summed E-state index contributed by atoms with van der Waals surface area (Å²) in [6.45, 7) is 4.17. The molecule has 0 radical (unpaired) electrons. The molecule has 31 heavy (non-hydrogen) atoms. The first-order chi connectivity index (χ1) is 15.3. The van der Waals surface area contributed by atoms with Crippen LogP contribution in [0.2, 0.25) is 0 Å². The summed E-state index contributed by atoms with van der Waals surface area (Å²) in [5.74, 6) is 1.24. The van der Waals surface area contributed by atoms with Crippen molar-refractivity contribution in [1.82, 2.24) is 14.8 Å². The molecule has 2 aliphatic rings. The molecule has 3 heterocycles. The zero-order valence-corrected chi connectivity index (χ0v) is 18.2. The van der Waals surface area contributed by atoms with Gasteiger partial charge in [-0.3, -0.25) is 14.8 Å². The number of piperazine rings is 1. The van der Waals surface area contributed by atoms with Gasteiger partial charge in [0.2, 0.25) is 0 Å². The molecule has 4 heteroatoms. The first-order valence-electron chi connectivity index (χ1n) is 11.4. The number of nitrogens with zero attached hydrogens (tertiary/aromatic N) is 3. The number of fused-ring (bicyclic) bond motifs is 1. The van der Waals surface area contributed by atoms with Gasteiger partial charge in [-0.25, -0.2) is 0 Å². The van der Waals surface area contributed by atoms with Crippen molar-refractivity contribution in [3.63, 3.8) is 0 Å². The SMILES string of the molecule is COc1cccnc1CN1C[C@@H]2CCCN2[C@H](C(c2ccccc2)c2ccccc2)C1. The Morgan fingerprint density at radius 2 is 1.65 bits per heavy atom. The Morgan fingerprint density at radius 1 is 0.935 bits per heavy atom. The Kier molecular flexibility index (Phi) is 6.01. The lowest BCUT2D eigenvalue weighted by molar-refractivity contribution is 0.0374. The van der Waals surface area contributed by atoms with Gasteiger partial charge in [0.15, 0.2) is 0 Å². The quantitative estimate of drug-likeness (QED) is 0.592. The Labute approximate surface area is 185 Å². The molecule has 4 nitrogen and oxygen atoms in total. The lowest BCUT2D eigenvalue weighted by atomic mass is 9.82. The van der Waals surface area contributed by atoms with Crippen LogP contribution in [0.3, 0.4) is 0 Å². The number of aromatic nitrogens is 1. The highest BCUT2D eigenvalue weighted by molar-refractivity contribution is 5.35. The average Bonchev–Trinajstić information content (AvgIpc) is 3.30. The molecule has 2 saturated heterocycles. The van der Waals surface area contributed by atoms with Gasteiger partial charge < -0.3 is 4.74 Å². The van der Waals surface area contributed by atoms with Crippen LogP contribution in [0.25, 0.3) is 0 Å². The van der Waals surface area contributed by atoms with Crippen molar-refractivity contribution in [2.75, 3.05) is 26.7 Å². The van der Waals surface area contributed by atoms with Crippen LogP contribution in [0.5, 0.6) is 5.75 Å². The van der Waals surface area contributed by atoms with Gasteiger partial charge in [0, 0.05) is 43.8 Å². The molecule has 0 aliphatic carbocycles. The molecular formula is C27H31N3O. The van der Waals surface area contributed by atoms with Crippen molar-refractivity contribution in [1.29, 1.82) is 0 Å². The van der Waals surface area contributed by atoms with Gasteiger partial charge in [0.05, 0.1) is 12.8 Å². The highest BCUT2D eigenvalue weighted by atomic mass is 16.5. The number of hydrogen-bond acceptors (Lipinski definition) is 4. The Hall–Kier alpha value is -2.69. The average molecular weight is 414 g/mol. The number of ether oxygens (including phenoxy) is 1. The number of methoxy groups -OCH3 is 1. The van der Waals surface area contributed by atoms with E-state index in [0.29, 0.717) is 18.0 Å². The van der Waals surface area contributed by atoms with Gasteiger partial charge in [-0.15, -0.1) is 0 Å². The number of benzene rings is 2. The third-order valence-corrected chi connectivity index (χ3v) is 6.91. The van der Waals surface area contributed by atoms with Gasteiger partial charge >= 0.3 is 0 Å². The van der Waals surface area contributed by atoms with Crippen LogP contribution in [0.1, 0.15) is 35.6 Å². The van der Waals surface area contributed by atoms with Gasteiger partial charge in [0.1, 0.15) is 5.75 Å². The summed E-state index contributed by atoms with van der Waals surface area (Å²) in [6.07, 6.45) is 4.44. The normalized spacial score (nSPS) is 21.9. The van der Waals surface area contributed by atoms with E-state index in [4.69, 9.17) is 4.74 Å². The molecule has 0 bridgehead atoms. The summed E-state index contributed by atoms with van der Waals surface area (Å²) >= 11 is 0. The summed E-state index contributed by atoms with van der Waals surface area (Å²) in [5, 5.41) is 0. The summed E-state index contributed by atoms with van der Waals surface area (Å²) in [7, 11) is 1.74. The molecule has 0 unspecified atom stereocenters. The molecule has 0 amide bonds. The van der Waals surface area contributed by atoms with Crippen LogP contribution in [0, 0.1) is 0 Å². The molecule has 2 fully saturated rings. The van der Waals surface area contributed by atoms with Crippen molar-refractivity contribution >= 4 is 0 Å². The minimum absolute atomic E-state index is 0.358. The van der Waals surface area contributed by atoms with Crippen LogP contribution in [-0.2, 0) is 6.54 Å². The molecular weight excluding hydrogens is 382 g/mol. The molecule has 0 N–H and O–H groups in total. The third kappa shape index (κ3) is 4.23. The fourth-order valence-electron chi connectivity index (χ4n) is 5.56. The Balaban J connectivity index is 1.49. The van der Waals surface area contributed by atoms with Crippen LogP contribution in [0.4, 0.5) is 0 Å². The van der Waals surface area contributed by atoms with Crippen LogP contribution in [0.15, 0.2) is 79.0 Å².